The number of nitrogens with zero attached hydrogens (tertiary/aromatic N) is 1. The molecule has 1 heteroatoms. The van der Waals surface area contributed by atoms with E-state index in [0.29, 0.717) is 0 Å². The highest BCUT2D eigenvalue weighted by Crippen LogP contribution is 2.20. The number of hydrogen-bond donors (Lipinski definition) is 0. The van der Waals surface area contributed by atoms with E-state index >= 15 is 0 Å². The zero-order valence-corrected chi connectivity index (χ0v) is 7.84. The molecule has 12 heavy (non-hydrogen) atoms. The molecule has 1 nitrogen and oxygen atoms in total. The van der Waals surface area contributed by atoms with Crippen LogP contribution in [0.5, 0.6) is 0 Å². The maximum absolute atomic E-state index is 2.67. The molecular weight excluding hydrogens is 146 g/mol. The van der Waals surface area contributed by atoms with Crippen LogP contribution in [-0.4, -0.2) is 24.0 Å². The van der Waals surface area contributed by atoms with Crippen LogP contribution >= 0.6 is 0 Å². The van der Waals surface area contributed by atoms with Gasteiger partial charge in [-0.1, -0.05) is 18.6 Å². The number of allylic oxidation sites excluding steroid dienone is 1. The van der Waals surface area contributed by atoms with E-state index in [1.807, 2.05) is 0 Å². The van der Waals surface area contributed by atoms with Gasteiger partial charge in [0, 0.05) is 6.04 Å². The SMILES string of the molecule is C1=CC(N2CCCCC2)CCC1. The summed E-state index contributed by atoms with van der Waals surface area (Å²) in [6.45, 7) is 2.68. The molecule has 2 rings (SSSR count). The molecule has 0 bridgehead atoms. The molecule has 0 aromatic heterocycles. The Balaban J connectivity index is 1.88. The van der Waals surface area contributed by atoms with E-state index in [1.54, 1.807) is 0 Å². The number of hydrogen-bond acceptors (Lipinski definition) is 1. The van der Waals surface area contributed by atoms with Gasteiger partial charge >= 0.3 is 0 Å². The molecule has 0 N–H and O–H groups in total. The summed E-state index contributed by atoms with van der Waals surface area (Å²) in [6.07, 6.45) is 13.2. The smallest absolute Gasteiger partial charge is 0.0278 e. The van der Waals surface area contributed by atoms with E-state index in [-0.39, 0.29) is 0 Å². The molecule has 1 fully saturated rings. The quantitative estimate of drug-likeness (QED) is 0.540. The van der Waals surface area contributed by atoms with Crippen molar-refractivity contribution in [2.24, 2.45) is 0 Å². The lowest BCUT2D eigenvalue weighted by Gasteiger charge is -2.34. The van der Waals surface area contributed by atoms with Crippen LogP contribution in [0.2, 0.25) is 0 Å². The minimum atomic E-state index is 0.791. The fourth-order valence-corrected chi connectivity index (χ4v) is 2.35. The maximum atomic E-state index is 2.67. The molecule has 1 unspecified atom stereocenters. The third kappa shape index (κ3) is 1.89. The van der Waals surface area contributed by atoms with Crippen LogP contribution in [0.25, 0.3) is 0 Å². The van der Waals surface area contributed by atoms with E-state index in [2.05, 4.69) is 17.1 Å². The van der Waals surface area contributed by atoms with E-state index in [0.717, 1.165) is 6.04 Å². The van der Waals surface area contributed by atoms with Gasteiger partial charge in [0.15, 0.2) is 0 Å². The normalized spacial score (nSPS) is 32.2. The summed E-state index contributed by atoms with van der Waals surface area (Å²) in [5.41, 5.74) is 0. The predicted molar refractivity (Wildman–Crippen MR) is 52.2 cm³/mol. The molecule has 0 amide bonds. The average Bonchev–Trinajstić information content (AvgIpc) is 2.21. The standard InChI is InChI=1S/C11H19N/c1-3-7-11(8-4-1)12-9-5-2-6-10-12/h3,7,11H,1-2,4-6,8-10H2. The van der Waals surface area contributed by atoms with Crippen molar-refractivity contribution < 1.29 is 0 Å². The van der Waals surface area contributed by atoms with Crippen molar-refractivity contribution >= 4 is 0 Å². The Bertz CT molecular complexity index is 156. The van der Waals surface area contributed by atoms with E-state index < -0.39 is 0 Å². The largest absolute Gasteiger partial charge is 0.297 e. The fraction of sp³-hybridized carbons (Fsp3) is 0.818. The van der Waals surface area contributed by atoms with Crippen molar-refractivity contribution in [2.45, 2.75) is 44.6 Å². The first-order valence-electron chi connectivity index (χ1n) is 5.37. The minimum absolute atomic E-state index is 0.791. The lowest BCUT2D eigenvalue weighted by molar-refractivity contribution is 0.179. The highest BCUT2D eigenvalue weighted by atomic mass is 15.2. The third-order valence-corrected chi connectivity index (χ3v) is 3.09. The number of piperidine rings is 1. The van der Waals surface area contributed by atoms with Crippen LogP contribution in [0.3, 0.4) is 0 Å². The van der Waals surface area contributed by atoms with Crippen LogP contribution in [0.1, 0.15) is 38.5 Å². The van der Waals surface area contributed by atoms with Crippen molar-refractivity contribution in [3.63, 3.8) is 0 Å². The summed E-state index contributed by atoms with van der Waals surface area (Å²) >= 11 is 0. The van der Waals surface area contributed by atoms with Crippen LogP contribution in [0.4, 0.5) is 0 Å². The third-order valence-electron chi connectivity index (χ3n) is 3.09. The Morgan fingerprint density at radius 2 is 1.83 bits per heavy atom. The van der Waals surface area contributed by atoms with Crippen molar-refractivity contribution in [3.8, 4) is 0 Å². The van der Waals surface area contributed by atoms with Gasteiger partial charge in [0.1, 0.15) is 0 Å². The van der Waals surface area contributed by atoms with Crippen LogP contribution in [-0.2, 0) is 0 Å². The van der Waals surface area contributed by atoms with Gasteiger partial charge in [0.2, 0.25) is 0 Å². The van der Waals surface area contributed by atoms with Gasteiger partial charge in [-0.15, -0.1) is 0 Å². The molecule has 1 aliphatic heterocycles. The van der Waals surface area contributed by atoms with Crippen LogP contribution < -0.4 is 0 Å². The van der Waals surface area contributed by atoms with Crippen LogP contribution in [0.15, 0.2) is 12.2 Å². The summed E-state index contributed by atoms with van der Waals surface area (Å²) in [6, 6.07) is 0.791. The fourth-order valence-electron chi connectivity index (χ4n) is 2.35. The Kier molecular flexibility index (Phi) is 2.83. The minimum Gasteiger partial charge on any atom is -0.297 e. The number of rotatable bonds is 1. The first kappa shape index (κ1) is 8.31. The molecule has 2 aliphatic rings. The lowest BCUT2D eigenvalue weighted by Crippen LogP contribution is -2.38. The zero-order chi connectivity index (χ0) is 8.23. The molecule has 0 radical (unpaired) electrons. The van der Waals surface area contributed by atoms with Gasteiger partial charge in [-0.3, -0.25) is 4.90 Å². The molecule has 1 atom stereocenters. The first-order chi connectivity index (χ1) is 5.97. The molecule has 1 heterocycles. The summed E-state index contributed by atoms with van der Waals surface area (Å²) in [7, 11) is 0. The summed E-state index contributed by atoms with van der Waals surface area (Å²) < 4.78 is 0. The molecule has 0 aromatic carbocycles. The second-order valence-electron chi connectivity index (χ2n) is 4.02. The van der Waals surface area contributed by atoms with Crippen molar-refractivity contribution in [3.05, 3.63) is 12.2 Å². The second-order valence-corrected chi connectivity index (χ2v) is 4.02. The molecule has 0 aromatic rings. The van der Waals surface area contributed by atoms with Gasteiger partial charge < -0.3 is 0 Å². The second kappa shape index (κ2) is 4.08. The van der Waals surface area contributed by atoms with Gasteiger partial charge in [-0.25, -0.2) is 0 Å². The topological polar surface area (TPSA) is 3.24 Å². The summed E-state index contributed by atoms with van der Waals surface area (Å²) in [5.74, 6) is 0. The summed E-state index contributed by atoms with van der Waals surface area (Å²) in [4.78, 5) is 2.67. The van der Waals surface area contributed by atoms with E-state index in [9.17, 15) is 0 Å². The monoisotopic (exact) mass is 165 g/mol. The first-order valence-corrected chi connectivity index (χ1v) is 5.37. The van der Waals surface area contributed by atoms with Gasteiger partial charge in [-0.05, 0) is 45.2 Å². The van der Waals surface area contributed by atoms with E-state index in [4.69, 9.17) is 0 Å². The zero-order valence-electron chi connectivity index (χ0n) is 7.84. The maximum Gasteiger partial charge on any atom is 0.0278 e. The Labute approximate surface area is 75.4 Å². The average molecular weight is 165 g/mol. The summed E-state index contributed by atoms with van der Waals surface area (Å²) in [5, 5.41) is 0. The highest BCUT2D eigenvalue weighted by Gasteiger charge is 2.18. The highest BCUT2D eigenvalue weighted by molar-refractivity contribution is 4.98. The lowest BCUT2D eigenvalue weighted by atomic mass is 9.99. The molecule has 68 valence electrons. The number of likely N-dealkylation sites (tertiary alicyclic amines) is 1. The van der Waals surface area contributed by atoms with Gasteiger partial charge in [-0.2, -0.15) is 0 Å². The van der Waals surface area contributed by atoms with Crippen molar-refractivity contribution in [1.29, 1.82) is 0 Å². The molecule has 1 saturated heterocycles. The van der Waals surface area contributed by atoms with Crippen molar-refractivity contribution in [2.75, 3.05) is 13.1 Å². The van der Waals surface area contributed by atoms with Gasteiger partial charge in [0.25, 0.3) is 0 Å². The van der Waals surface area contributed by atoms with E-state index in [1.165, 1.54) is 51.6 Å². The Morgan fingerprint density at radius 3 is 2.50 bits per heavy atom. The van der Waals surface area contributed by atoms with Gasteiger partial charge in [0.05, 0.1) is 0 Å². The molecular formula is C11H19N. The van der Waals surface area contributed by atoms with Crippen molar-refractivity contribution in [1.82, 2.24) is 4.90 Å². The molecule has 0 saturated carbocycles. The van der Waals surface area contributed by atoms with Crippen LogP contribution in [0, 0.1) is 0 Å². The Morgan fingerprint density at radius 1 is 1.00 bits per heavy atom. The molecule has 1 aliphatic carbocycles. The predicted octanol–water partition coefficient (Wildman–Crippen LogP) is 2.58. The molecule has 0 spiro atoms. The Hall–Kier alpha value is -0.300.